The molecule has 2 amide bonds. The van der Waals surface area contributed by atoms with Crippen LogP contribution in [0.5, 0.6) is 5.75 Å². The molecule has 1 aromatic carbocycles. The predicted octanol–water partition coefficient (Wildman–Crippen LogP) is 1.58. The lowest BCUT2D eigenvalue weighted by atomic mass is 10.2. The maximum Gasteiger partial charge on any atom is 0.237 e. The van der Waals surface area contributed by atoms with Crippen molar-refractivity contribution in [2.24, 2.45) is 0 Å². The van der Waals surface area contributed by atoms with E-state index in [0.29, 0.717) is 45.8 Å². The predicted molar refractivity (Wildman–Crippen MR) is 108 cm³/mol. The molecule has 1 N–H and O–H groups in total. The van der Waals surface area contributed by atoms with Gasteiger partial charge in [-0.3, -0.25) is 19.5 Å². The number of carbonyl (C=O) groups is 2. The van der Waals surface area contributed by atoms with Crippen LogP contribution in [0, 0.1) is 0 Å². The molecule has 0 bridgehead atoms. The van der Waals surface area contributed by atoms with Crippen molar-refractivity contribution in [2.75, 3.05) is 26.2 Å². The Morgan fingerprint density at radius 2 is 2.10 bits per heavy atom. The zero-order chi connectivity index (χ0) is 20.1. The molecule has 0 saturated carbocycles. The number of nitrogens with zero attached hydrogens (tertiary/aromatic N) is 3. The number of carbonyl (C=O) groups excluding carboxylic acids is 2. The lowest BCUT2D eigenvalue weighted by Crippen LogP contribution is -2.46. The summed E-state index contributed by atoms with van der Waals surface area (Å²) in [6.45, 7) is 3.18. The molecule has 0 unspecified atom stereocenters. The molecule has 2 aliphatic rings. The van der Waals surface area contributed by atoms with Crippen LogP contribution in [-0.2, 0) is 22.7 Å². The first-order chi connectivity index (χ1) is 14.2. The third kappa shape index (κ3) is 5.12. The normalized spacial score (nSPS) is 19.0. The quantitative estimate of drug-likeness (QED) is 0.805. The van der Waals surface area contributed by atoms with Gasteiger partial charge in [-0.25, -0.2) is 0 Å². The molecule has 7 nitrogen and oxygen atoms in total. The van der Waals surface area contributed by atoms with Crippen molar-refractivity contribution in [1.82, 2.24) is 20.1 Å². The Morgan fingerprint density at radius 1 is 1.24 bits per heavy atom. The first-order valence-electron chi connectivity index (χ1n) is 10.1. The summed E-state index contributed by atoms with van der Waals surface area (Å²) in [6, 6.07) is 13.7. The Hall–Kier alpha value is -2.93. The van der Waals surface area contributed by atoms with Crippen LogP contribution < -0.4 is 10.1 Å². The van der Waals surface area contributed by atoms with Crippen LogP contribution >= 0.6 is 0 Å². The van der Waals surface area contributed by atoms with Crippen LogP contribution in [0.15, 0.2) is 48.7 Å². The number of hydrogen-bond donors (Lipinski definition) is 1. The van der Waals surface area contributed by atoms with Crippen LogP contribution in [0.4, 0.5) is 0 Å². The molecule has 0 radical (unpaired) electrons. The SMILES string of the molecule is O=C1CC[C@@H](CN(Cc2ccccn2)C(=O)CN2CCOc3ccccc3C2)N1. The molecule has 3 heterocycles. The highest BCUT2D eigenvalue weighted by atomic mass is 16.5. The molecule has 0 spiro atoms. The van der Waals surface area contributed by atoms with E-state index in [1.807, 2.05) is 47.4 Å². The Kier molecular flexibility index (Phi) is 6.05. The largest absolute Gasteiger partial charge is 0.492 e. The maximum atomic E-state index is 13.2. The van der Waals surface area contributed by atoms with E-state index >= 15 is 0 Å². The summed E-state index contributed by atoms with van der Waals surface area (Å²) < 4.78 is 5.81. The van der Waals surface area contributed by atoms with E-state index in [1.54, 1.807) is 6.20 Å². The van der Waals surface area contributed by atoms with Gasteiger partial charge in [0.05, 0.1) is 18.8 Å². The van der Waals surface area contributed by atoms with Gasteiger partial charge in [-0.15, -0.1) is 0 Å². The molecular formula is C22H26N4O3. The van der Waals surface area contributed by atoms with E-state index in [2.05, 4.69) is 15.2 Å². The molecule has 1 aromatic heterocycles. The van der Waals surface area contributed by atoms with E-state index in [-0.39, 0.29) is 17.9 Å². The number of para-hydroxylation sites is 1. The number of rotatable bonds is 6. The molecule has 1 atom stereocenters. The average molecular weight is 394 g/mol. The highest BCUT2D eigenvalue weighted by Gasteiger charge is 2.27. The topological polar surface area (TPSA) is 74.8 Å². The molecule has 152 valence electrons. The van der Waals surface area contributed by atoms with Gasteiger partial charge in [0.25, 0.3) is 0 Å². The summed E-state index contributed by atoms with van der Waals surface area (Å²) in [5, 5.41) is 2.96. The Balaban J connectivity index is 1.44. The summed E-state index contributed by atoms with van der Waals surface area (Å²) in [5.41, 5.74) is 1.94. The molecule has 29 heavy (non-hydrogen) atoms. The first-order valence-corrected chi connectivity index (χ1v) is 10.1. The maximum absolute atomic E-state index is 13.2. The van der Waals surface area contributed by atoms with Crippen molar-refractivity contribution in [3.05, 3.63) is 59.9 Å². The summed E-state index contributed by atoms with van der Waals surface area (Å²) in [7, 11) is 0. The molecule has 0 aliphatic carbocycles. The Morgan fingerprint density at radius 3 is 2.90 bits per heavy atom. The third-order valence-electron chi connectivity index (χ3n) is 5.35. The van der Waals surface area contributed by atoms with Gasteiger partial charge < -0.3 is 15.0 Å². The second-order valence-electron chi connectivity index (χ2n) is 7.57. The van der Waals surface area contributed by atoms with Crippen molar-refractivity contribution in [2.45, 2.75) is 32.0 Å². The Bertz CT molecular complexity index is 858. The van der Waals surface area contributed by atoms with Gasteiger partial charge in [0.2, 0.25) is 11.8 Å². The van der Waals surface area contributed by atoms with Crippen LogP contribution in [0.25, 0.3) is 0 Å². The zero-order valence-corrected chi connectivity index (χ0v) is 16.4. The van der Waals surface area contributed by atoms with Crippen LogP contribution in [-0.4, -0.2) is 58.9 Å². The fraction of sp³-hybridized carbons (Fsp3) is 0.409. The van der Waals surface area contributed by atoms with Crippen LogP contribution in [0.1, 0.15) is 24.1 Å². The molecule has 1 saturated heterocycles. The second-order valence-corrected chi connectivity index (χ2v) is 7.57. The third-order valence-corrected chi connectivity index (χ3v) is 5.35. The minimum absolute atomic E-state index is 0.00311. The van der Waals surface area contributed by atoms with E-state index in [4.69, 9.17) is 4.74 Å². The minimum atomic E-state index is 0.00311. The summed E-state index contributed by atoms with van der Waals surface area (Å²) >= 11 is 0. The van der Waals surface area contributed by atoms with Crippen molar-refractivity contribution in [1.29, 1.82) is 0 Å². The first kappa shape index (κ1) is 19.4. The summed E-state index contributed by atoms with van der Waals surface area (Å²) in [6.07, 6.45) is 3.02. The summed E-state index contributed by atoms with van der Waals surface area (Å²) in [4.78, 5) is 33.1. The van der Waals surface area contributed by atoms with Gasteiger partial charge in [-0.05, 0) is 24.6 Å². The number of nitrogens with one attached hydrogen (secondary N) is 1. The smallest absolute Gasteiger partial charge is 0.237 e. The van der Waals surface area contributed by atoms with Gasteiger partial charge in [0, 0.05) is 43.9 Å². The minimum Gasteiger partial charge on any atom is -0.492 e. The number of fused-ring (bicyclic) bond motifs is 1. The van der Waals surface area contributed by atoms with Gasteiger partial charge in [-0.1, -0.05) is 24.3 Å². The number of hydrogen-bond acceptors (Lipinski definition) is 5. The van der Waals surface area contributed by atoms with Crippen molar-refractivity contribution in [3.8, 4) is 5.75 Å². The second kappa shape index (κ2) is 9.05. The molecule has 2 aliphatic heterocycles. The van der Waals surface area contributed by atoms with E-state index in [1.165, 1.54) is 0 Å². The Labute approximate surface area is 170 Å². The number of benzene rings is 1. The average Bonchev–Trinajstić information content (AvgIpc) is 3.02. The van der Waals surface area contributed by atoms with Crippen molar-refractivity contribution in [3.63, 3.8) is 0 Å². The van der Waals surface area contributed by atoms with E-state index < -0.39 is 0 Å². The fourth-order valence-electron chi connectivity index (χ4n) is 3.83. The summed E-state index contributed by atoms with van der Waals surface area (Å²) in [5.74, 6) is 0.985. The fourth-order valence-corrected chi connectivity index (χ4v) is 3.83. The molecule has 2 aromatic rings. The zero-order valence-electron chi connectivity index (χ0n) is 16.4. The van der Waals surface area contributed by atoms with Gasteiger partial charge in [0.15, 0.2) is 0 Å². The highest BCUT2D eigenvalue weighted by molar-refractivity contribution is 5.80. The monoisotopic (exact) mass is 394 g/mol. The van der Waals surface area contributed by atoms with Crippen molar-refractivity contribution < 1.29 is 14.3 Å². The number of ether oxygens (including phenoxy) is 1. The lowest BCUT2D eigenvalue weighted by Gasteiger charge is -2.28. The molecule has 4 rings (SSSR count). The number of pyridine rings is 1. The highest BCUT2D eigenvalue weighted by Crippen LogP contribution is 2.22. The molecule has 7 heteroatoms. The molecule has 1 fully saturated rings. The van der Waals surface area contributed by atoms with Gasteiger partial charge in [0.1, 0.15) is 12.4 Å². The number of aromatic nitrogens is 1. The number of amides is 2. The standard InChI is InChI=1S/C22H26N4O3/c27-21-9-8-19(24-21)15-26(14-18-6-3-4-10-23-18)22(28)16-25-11-12-29-20-7-2-1-5-17(20)13-25/h1-7,10,19H,8-9,11-16H2,(H,24,27)/t19-/m0/s1. The van der Waals surface area contributed by atoms with Gasteiger partial charge >= 0.3 is 0 Å². The molecular weight excluding hydrogens is 368 g/mol. The van der Waals surface area contributed by atoms with Crippen LogP contribution in [0.2, 0.25) is 0 Å². The van der Waals surface area contributed by atoms with Crippen molar-refractivity contribution >= 4 is 11.8 Å². The lowest BCUT2D eigenvalue weighted by molar-refractivity contribution is -0.134. The van der Waals surface area contributed by atoms with E-state index in [9.17, 15) is 9.59 Å². The van der Waals surface area contributed by atoms with E-state index in [0.717, 1.165) is 23.4 Å². The van der Waals surface area contributed by atoms with Gasteiger partial charge in [-0.2, -0.15) is 0 Å². The van der Waals surface area contributed by atoms with Crippen LogP contribution in [0.3, 0.4) is 0 Å².